The van der Waals surface area contributed by atoms with Gasteiger partial charge in [-0.1, -0.05) is 64.5 Å². The number of ketones is 1. The van der Waals surface area contributed by atoms with Gasteiger partial charge in [0, 0.05) is 16.5 Å². The van der Waals surface area contributed by atoms with E-state index >= 15 is 0 Å². The van der Waals surface area contributed by atoms with Crippen molar-refractivity contribution in [3.8, 4) is 0 Å². The third-order valence-electron chi connectivity index (χ3n) is 3.69. The molecule has 0 aliphatic heterocycles. The molecule has 0 radical (unpaired) electrons. The van der Waals surface area contributed by atoms with E-state index in [2.05, 4.69) is 22.0 Å². The lowest BCUT2D eigenvalue weighted by atomic mass is 9.93. The quantitative estimate of drug-likeness (QED) is 0.589. The normalized spacial score (nSPS) is 10.8. The molecule has 104 valence electrons. The molecule has 0 saturated heterocycles. The SMILES string of the molecule is Cc1ccc2ccccc2c1C(=O)Cc1ccc(Br)cc1. The lowest BCUT2D eigenvalue weighted by molar-refractivity contribution is 0.0994. The molecule has 0 saturated carbocycles. The highest BCUT2D eigenvalue weighted by Gasteiger charge is 2.13. The molecule has 0 aliphatic rings. The molecule has 0 aliphatic carbocycles. The summed E-state index contributed by atoms with van der Waals surface area (Å²) in [6.45, 7) is 2.00. The van der Waals surface area contributed by atoms with E-state index in [-0.39, 0.29) is 5.78 Å². The van der Waals surface area contributed by atoms with Crippen molar-refractivity contribution >= 4 is 32.5 Å². The van der Waals surface area contributed by atoms with Crippen molar-refractivity contribution in [3.63, 3.8) is 0 Å². The average Bonchev–Trinajstić information content (AvgIpc) is 2.49. The van der Waals surface area contributed by atoms with E-state index in [1.54, 1.807) is 0 Å². The molecule has 0 atom stereocenters. The summed E-state index contributed by atoms with van der Waals surface area (Å²) in [6.07, 6.45) is 0.433. The Morgan fingerprint density at radius 1 is 0.952 bits per heavy atom. The molecule has 0 heterocycles. The van der Waals surface area contributed by atoms with Crippen LogP contribution in [-0.4, -0.2) is 5.78 Å². The predicted octanol–water partition coefficient (Wildman–Crippen LogP) is 5.34. The molecule has 3 rings (SSSR count). The van der Waals surface area contributed by atoms with Crippen LogP contribution in [0.3, 0.4) is 0 Å². The molecule has 0 amide bonds. The first kappa shape index (κ1) is 14.0. The van der Waals surface area contributed by atoms with Crippen molar-refractivity contribution in [2.75, 3.05) is 0 Å². The van der Waals surface area contributed by atoms with E-state index < -0.39 is 0 Å². The minimum Gasteiger partial charge on any atom is -0.294 e. The summed E-state index contributed by atoms with van der Waals surface area (Å²) >= 11 is 3.42. The van der Waals surface area contributed by atoms with E-state index in [9.17, 15) is 4.79 Å². The second kappa shape index (κ2) is 5.82. The molecule has 0 N–H and O–H groups in total. The van der Waals surface area contributed by atoms with E-state index in [0.717, 1.165) is 31.9 Å². The number of carbonyl (C=O) groups excluding carboxylic acids is 1. The predicted molar refractivity (Wildman–Crippen MR) is 90.9 cm³/mol. The van der Waals surface area contributed by atoms with Gasteiger partial charge in [0.2, 0.25) is 0 Å². The topological polar surface area (TPSA) is 17.1 Å². The minimum absolute atomic E-state index is 0.173. The van der Waals surface area contributed by atoms with E-state index in [1.807, 2.05) is 61.5 Å². The van der Waals surface area contributed by atoms with Crippen molar-refractivity contribution in [3.05, 3.63) is 81.8 Å². The number of Topliss-reactive ketones (excluding diaryl/α,β-unsaturated/α-hetero) is 1. The Labute approximate surface area is 132 Å². The molecular weight excluding hydrogens is 324 g/mol. The van der Waals surface area contributed by atoms with Gasteiger partial charge in [0.1, 0.15) is 0 Å². The van der Waals surface area contributed by atoms with Crippen LogP contribution in [0, 0.1) is 6.92 Å². The molecule has 1 nitrogen and oxygen atoms in total. The zero-order valence-corrected chi connectivity index (χ0v) is 13.4. The second-order valence-electron chi connectivity index (χ2n) is 5.21. The van der Waals surface area contributed by atoms with Gasteiger partial charge in [0.25, 0.3) is 0 Å². The molecule has 2 heteroatoms. The van der Waals surface area contributed by atoms with Gasteiger partial charge < -0.3 is 0 Å². The van der Waals surface area contributed by atoms with Gasteiger partial charge in [0.15, 0.2) is 5.78 Å². The van der Waals surface area contributed by atoms with Crippen LogP contribution in [0.2, 0.25) is 0 Å². The minimum atomic E-state index is 0.173. The number of benzene rings is 3. The molecule has 0 unspecified atom stereocenters. The summed E-state index contributed by atoms with van der Waals surface area (Å²) in [7, 11) is 0. The summed E-state index contributed by atoms with van der Waals surface area (Å²) in [5.74, 6) is 0.173. The van der Waals surface area contributed by atoms with Crippen molar-refractivity contribution in [2.45, 2.75) is 13.3 Å². The van der Waals surface area contributed by atoms with Crippen LogP contribution in [0.4, 0.5) is 0 Å². The van der Waals surface area contributed by atoms with Crippen LogP contribution < -0.4 is 0 Å². The maximum absolute atomic E-state index is 12.7. The van der Waals surface area contributed by atoms with E-state index in [4.69, 9.17) is 0 Å². The Balaban J connectivity index is 2.01. The van der Waals surface area contributed by atoms with Crippen molar-refractivity contribution in [1.29, 1.82) is 0 Å². The van der Waals surface area contributed by atoms with Gasteiger partial charge in [-0.3, -0.25) is 4.79 Å². The highest BCUT2D eigenvalue weighted by Crippen LogP contribution is 2.24. The summed E-state index contributed by atoms with van der Waals surface area (Å²) in [4.78, 5) is 12.7. The third-order valence-corrected chi connectivity index (χ3v) is 4.22. The molecule has 3 aromatic rings. The molecule has 3 aromatic carbocycles. The van der Waals surface area contributed by atoms with Gasteiger partial charge >= 0.3 is 0 Å². The lowest BCUT2D eigenvalue weighted by Crippen LogP contribution is -2.06. The summed E-state index contributed by atoms with van der Waals surface area (Å²) in [6, 6.07) is 20.1. The number of halogens is 1. The average molecular weight is 339 g/mol. The summed E-state index contributed by atoms with van der Waals surface area (Å²) in [5.41, 5.74) is 2.92. The molecule has 0 aromatic heterocycles. The number of carbonyl (C=O) groups is 1. The summed E-state index contributed by atoms with van der Waals surface area (Å²) in [5, 5.41) is 2.15. The largest absolute Gasteiger partial charge is 0.294 e. The van der Waals surface area contributed by atoms with Crippen LogP contribution in [0.15, 0.2) is 65.1 Å². The van der Waals surface area contributed by atoms with Gasteiger partial charge in [-0.15, -0.1) is 0 Å². The molecule has 0 spiro atoms. The zero-order chi connectivity index (χ0) is 14.8. The maximum Gasteiger partial charge on any atom is 0.168 e. The van der Waals surface area contributed by atoms with Gasteiger partial charge in [-0.2, -0.15) is 0 Å². The Morgan fingerprint density at radius 3 is 2.43 bits per heavy atom. The fourth-order valence-corrected chi connectivity index (χ4v) is 2.89. The van der Waals surface area contributed by atoms with Crippen LogP contribution >= 0.6 is 15.9 Å². The molecule has 21 heavy (non-hydrogen) atoms. The fraction of sp³-hybridized carbons (Fsp3) is 0.105. The highest BCUT2D eigenvalue weighted by atomic mass is 79.9. The first-order valence-corrected chi connectivity index (χ1v) is 7.70. The number of fused-ring (bicyclic) bond motifs is 1. The number of hydrogen-bond acceptors (Lipinski definition) is 1. The summed E-state index contributed by atoms with van der Waals surface area (Å²) < 4.78 is 1.03. The maximum atomic E-state index is 12.7. The second-order valence-corrected chi connectivity index (χ2v) is 6.12. The first-order chi connectivity index (χ1) is 10.1. The zero-order valence-electron chi connectivity index (χ0n) is 11.8. The number of rotatable bonds is 3. The third kappa shape index (κ3) is 2.91. The van der Waals surface area contributed by atoms with E-state index in [1.165, 1.54) is 0 Å². The molecule has 0 bridgehead atoms. The molecular formula is C19H15BrO. The smallest absolute Gasteiger partial charge is 0.168 e. The highest BCUT2D eigenvalue weighted by molar-refractivity contribution is 9.10. The number of aryl methyl sites for hydroxylation is 1. The van der Waals surface area contributed by atoms with Gasteiger partial charge in [-0.25, -0.2) is 0 Å². The fourth-order valence-electron chi connectivity index (χ4n) is 2.63. The monoisotopic (exact) mass is 338 g/mol. The van der Waals surface area contributed by atoms with Gasteiger partial charge in [-0.05, 0) is 41.0 Å². The van der Waals surface area contributed by atoms with Gasteiger partial charge in [0.05, 0.1) is 0 Å². The Morgan fingerprint density at radius 2 is 1.67 bits per heavy atom. The first-order valence-electron chi connectivity index (χ1n) is 6.91. The van der Waals surface area contributed by atoms with Crippen LogP contribution in [0.5, 0.6) is 0 Å². The Bertz CT molecular complexity index is 803. The van der Waals surface area contributed by atoms with E-state index in [0.29, 0.717) is 6.42 Å². The van der Waals surface area contributed by atoms with Crippen LogP contribution in [-0.2, 0) is 6.42 Å². The molecule has 0 fully saturated rings. The number of hydrogen-bond donors (Lipinski definition) is 0. The van der Waals surface area contributed by atoms with Crippen molar-refractivity contribution < 1.29 is 4.79 Å². The lowest BCUT2D eigenvalue weighted by Gasteiger charge is -2.09. The van der Waals surface area contributed by atoms with Crippen LogP contribution in [0.1, 0.15) is 21.5 Å². The Hall–Kier alpha value is -1.93. The van der Waals surface area contributed by atoms with Crippen molar-refractivity contribution in [1.82, 2.24) is 0 Å². The van der Waals surface area contributed by atoms with Crippen LogP contribution in [0.25, 0.3) is 10.8 Å². The standard InChI is InChI=1S/C19H15BrO/c1-13-6-9-15-4-2-3-5-17(15)19(13)18(21)12-14-7-10-16(20)11-8-14/h2-11H,12H2,1H3. The van der Waals surface area contributed by atoms with Crippen molar-refractivity contribution in [2.24, 2.45) is 0 Å². The Kier molecular flexibility index (Phi) is 3.89.